The lowest BCUT2D eigenvalue weighted by atomic mass is 10.1. The first-order valence-corrected chi connectivity index (χ1v) is 6.94. The lowest BCUT2D eigenvalue weighted by Crippen LogP contribution is -2.37. The third kappa shape index (κ3) is 2.88. The van der Waals surface area contributed by atoms with Gasteiger partial charge in [0.2, 0.25) is 0 Å². The molecule has 110 valence electrons. The highest BCUT2D eigenvalue weighted by atomic mass is 16.5. The molecule has 1 saturated heterocycles. The van der Waals surface area contributed by atoms with Crippen molar-refractivity contribution in [1.29, 1.82) is 0 Å². The van der Waals surface area contributed by atoms with Crippen LogP contribution in [-0.4, -0.2) is 48.8 Å². The summed E-state index contributed by atoms with van der Waals surface area (Å²) in [4.78, 5) is 14.2. The number of hydrogen-bond donors (Lipinski definition) is 1. The van der Waals surface area contributed by atoms with E-state index in [9.17, 15) is 9.90 Å². The molecular weight excluding hydrogens is 258 g/mol. The normalized spacial score (nSPS) is 18.1. The molecule has 0 aromatic heterocycles. The van der Waals surface area contributed by atoms with Crippen LogP contribution in [0.5, 0.6) is 11.5 Å². The van der Waals surface area contributed by atoms with Gasteiger partial charge in [-0.1, -0.05) is 0 Å². The molecule has 1 heterocycles. The van der Waals surface area contributed by atoms with Crippen LogP contribution in [0.15, 0.2) is 18.2 Å². The van der Waals surface area contributed by atoms with Gasteiger partial charge in [-0.25, -0.2) is 0 Å². The Bertz CT molecular complexity index is 475. The third-order valence-corrected chi connectivity index (χ3v) is 3.56. The molecule has 0 spiro atoms. The van der Waals surface area contributed by atoms with Crippen LogP contribution in [0, 0.1) is 0 Å². The van der Waals surface area contributed by atoms with Crippen LogP contribution < -0.4 is 9.47 Å². The number of benzene rings is 1. The highest BCUT2D eigenvalue weighted by Crippen LogP contribution is 2.29. The van der Waals surface area contributed by atoms with Gasteiger partial charge in [-0.2, -0.15) is 0 Å². The first-order chi connectivity index (χ1) is 9.71. The van der Waals surface area contributed by atoms with Crippen LogP contribution in [0.4, 0.5) is 0 Å². The molecule has 0 radical (unpaired) electrons. The second-order valence-corrected chi connectivity index (χ2v) is 4.78. The van der Waals surface area contributed by atoms with E-state index in [1.807, 2.05) is 6.92 Å². The van der Waals surface area contributed by atoms with Gasteiger partial charge in [0, 0.05) is 12.1 Å². The second-order valence-electron chi connectivity index (χ2n) is 4.78. The fraction of sp³-hybridized carbons (Fsp3) is 0.533. The first kappa shape index (κ1) is 14.7. The molecule has 5 nitrogen and oxygen atoms in total. The van der Waals surface area contributed by atoms with Gasteiger partial charge in [0.05, 0.1) is 26.4 Å². The Kier molecular flexibility index (Phi) is 4.84. The number of ether oxygens (including phenoxy) is 2. The van der Waals surface area contributed by atoms with Crippen molar-refractivity contribution >= 4 is 5.91 Å². The Hall–Kier alpha value is -1.75. The van der Waals surface area contributed by atoms with Crippen LogP contribution in [0.2, 0.25) is 0 Å². The zero-order valence-electron chi connectivity index (χ0n) is 12.0. The summed E-state index contributed by atoms with van der Waals surface area (Å²) in [5, 5.41) is 9.31. The molecule has 20 heavy (non-hydrogen) atoms. The number of carbonyl (C=O) groups excluding carboxylic acids is 1. The van der Waals surface area contributed by atoms with Crippen molar-refractivity contribution in [3.63, 3.8) is 0 Å². The van der Waals surface area contributed by atoms with E-state index in [-0.39, 0.29) is 18.6 Å². The van der Waals surface area contributed by atoms with Crippen LogP contribution in [0.1, 0.15) is 30.1 Å². The van der Waals surface area contributed by atoms with Gasteiger partial charge in [-0.15, -0.1) is 0 Å². The van der Waals surface area contributed by atoms with Crippen LogP contribution in [-0.2, 0) is 0 Å². The second kappa shape index (κ2) is 6.61. The largest absolute Gasteiger partial charge is 0.493 e. The van der Waals surface area contributed by atoms with Gasteiger partial charge in [0.15, 0.2) is 11.5 Å². The average Bonchev–Trinajstić information content (AvgIpc) is 2.95. The zero-order valence-corrected chi connectivity index (χ0v) is 12.0. The van der Waals surface area contributed by atoms with Gasteiger partial charge in [-0.3, -0.25) is 4.79 Å². The number of methoxy groups -OCH3 is 1. The Labute approximate surface area is 119 Å². The molecule has 1 atom stereocenters. The number of amides is 1. The Morgan fingerprint density at radius 1 is 1.45 bits per heavy atom. The maximum absolute atomic E-state index is 12.5. The van der Waals surface area contributed by atoms with E-state index in [0.717, 1.165) is 12.8 Å². The summed E-state index contributed by atoms with van der Waals surface area (Å²) in [5.74, 6) is 1.12. The summed E-state index contributed by atoms with van der Waals surface area (Å²) in [6.07, 6.45) is 1.79. The Morgan fingerprint density at radius 3 is 2.90 bits per heavy atom. The quantitative estimate of drug-likeness (QED) is 0.891. The molecule has 0 bridgehead atoms. The molecule has 1 amide bonds. The predicted molar refractivity (Wildman–Crippen MR) is 75.3 cm³/mol. The molecule has 1 aliphatic rings. The van der Waals surface area contributed by atoms with E-state index < -0.39 is 0 Å². The maximum atomic E-state index is 12.5. The van der Waals surface area contributed by atoms with Crippen LogP contribution in [0.3, 0.4) is 0 Å². The highest BCUT2D eigenvalue weighted by molar-refractivity contribution is 5.95. The molecule has 1 N–H and O–H groups in total. The third-order valence-electron chi connectivity index (χ3n) is 3.56. The van der Waals surface area contributed by atoms with E-state index in [0.29, 0.717) is 30.2 Å². The Balaban J connectivity index is 2.23. The molecular formula is C15H21NO4. The number of likely N-dealkylation sites (tertiary alicyclic amines) is 1. The number of carbonyl (C=O) groups is 1. The summed E-state index contributed by atoms with van der Waals surface area (Å²) in [6.45, 7) is 3.10. The van der Waals surface area contributed by atoms with Crippen molar-refractivity contribution in [2.24, 2.45) is 0 Å². The summed E-state index contributed by atoms with van der Waals surface area (Å²) >= 11 is 0. The molecule has 1 aromatic rings. The van der Waals surface area contributed by atoms with E-state index in [2.05, 4.69) is 0 Å². The zero-order chi connectivity index (χ0) is 14.5. The molecule has 2 rings (SSSR count). The fourth-order valence-electron chi connectivity index (χ4n) is 2.54. The summed E-state index contributed by atoms with van der Waals surface area (Å²) < 4.78 is 10.7. The van der Waals surface area contributed by atoms with Crippen molar-refractivity contribution in [2.45, 2.75) is 25.8 Å². The average molecular weight is 279 g/mol. The van der Waals surface area contributed by atoms with E-state index >= 15 is 0 Å². The van der Waals surface area contributed by atoms with Crippen LogP contribution >= 0.6 is 0 Å². The van der Waals surface area contributed by atoms with E-state index in [4.69, 9.17) is 9.47 Å². The molecule has 1 aromatic carbocycles. The smallest absolute Gasteiger partial charge is 0.254 e. The summed E-state index contributed by atoms with van der Waals surface area (Å²) in [5.41, 5.74) is 0.564. The number of nitrogens with zero attached hydrogens (tertiary/aromatic N) is 1. The van der Waals surface area contributed by atoms with Crippen molar-refractivity contribution < 1.29 is 19.4 Å². The molecule has 1 aliphatic heterocycles. The minimum atomic E-state index is -0.0693. The van der Waals surface area contributed by atoms with E-state index in [1.54, 1.807) is 30.2 Å². The minimum absolute atomic E-state index is 0.0141. The molecule has 0 unspecified atom stereocenters. The van der Waals surface area contributed by atoms with Gasteiger partial charge in [0.25, 0.3) is 5.91 Å². The number of hydrogen-bond acceptors (Lipinski definition) is 4. The topological polar surface area (TPSA) is 59.0 Å². The summed E-state index contributed by atoms with van der Waals surface area (Å²) in [7, 11) is 1.57. The van der Waals surface area contributed by atoms with E-state index in [1.165, 1.54) is 0 Å². The van der Waals surface area contributed by atoms with Crippen LogP contribution in [0.25, 0.3) is 0 Å². The van der Waals surface area contributed by atoms with Crippen molar-refractivity contribution in [3.05, 3.63) is 23.8 Å². The lowest BCUT2D eigenvalue weighted by Gasteiger charge is -2.23. The first-order valence-electron chi connectivity index (χ1n) is 6.94. The maximum Gasteiger partial charge on any atom is 0.254 e. The van der Waals surface area contributed by atoms with Gasteiger partial charge < -0.3 is 19.5 Å². The molecule has 1 fully saturated rings. The van der Waals surface area contributed by atoms with Crippen molar-refractivity contribution in [2.75, 3.05) is 26.9 Å². The van der Waals surface area contributed by atoms with Gasteiger partial charge in [0.1, 0.15) is 0 Å². The minimum Gasteiger partial charge on any atom is -0.493 e. The number of aliphatic hydroxyl groups is 1. The monoisotopic (exact) mass is 279 g/mol. The molecule has 0 saturated carbocycles. The van der Waals surface area contributed by atoms with Crippen molar-refractivity contribution in [3.8, 4) is 11.5 Å². The summed E-state index contributed by atoms with van der Waals surface area (Å²) in [6, 6.07) is 5.11. The SMILES string of the molecule is CCOc1cc(C(=O)N2CCC[C@H]2CO)ccc1OC. The fourth-order valence-corrected chi connectivity index (χ4v) is 2.54. The number of aliphatic hydroxyl groups excluding tert-OH is 1. The van der Waals surface area contributed by atoms with Gasteiger partial charge >= 0.3 is 0 Å². The number of rotatable bonds is 5. The molecule has 5 heteroatoms. The highest BCUT2D eigenvalue weighted by Gasteiger charge is 2.29. The standard InChI is InChI=1S/C15H21NO4/c1-3-20-14-9-11(6-7-13(14)19-2)15(18)16-8-4-5-12(16)10-17/h6-7,9,12,17H,3-5,8,10H2,1-2H3/t12-/m0/s1. The van der Waals surface area contributed by atoms with Gasteiger partial charge in [-0.05, 0) is 38.0 Å². The lowest BCUT2D eigenvalue weighted by molar-refractivity contribution is 0.0677. The predicted octanol–water partition coefficient (Wildman–Crippen LogP) is 1.69. The molecule has 0 aliphatic carbocycles. The van der Waals surface area contributed by atoms with Crippen molar-refractivity contribution in [1.82, 2.24) is 4.90 Å². The Morgan fingerprint density at radius 2 is 2.25 bits per heavy atom.